The van der Waals surface area contributed by atoms with Crippen molar-refractivity contribution in [2.24, 2.45) is 0 Å². The monoisotopic (exact) mass is 236 g/mol. The Morgan fingerprint density at radius 1 is 1.27 bits per heavy atom. The van der Waals surface area contributed by atoms with Crippen LogP contribution in [0.3, 0.4) is 0 Å². The third kappa shape index (κ3) is 6.12. The Kier molecular flexibility index (Phi) is 7.13. The van der Waals surface area contributed by atoms with E-state index in [1.54, 1.807) is 14.0 Å². The Morgan fingerprint density at radius 2 is 1.87 bits per heavy atom. The highest BCUT2D eigenvalue weighted by Gasteiger charge is 2.21. The smallest absolute Gasteiger partial charge is 0.215 e. The largest absolute Gasteiger partial charge is 0.318 e. The number of unbranched alkanes of at least 4 members (excludes halogenated alkanes) is 1. The van der Waals surface area contributed by atoms with Crippen LogP contribution in [0.1, 0.15) is 40.0 Å². The highest BCUT2D eigenvalue weighted by molar-refractivity contribution is 7.90. The molecule has 92 valence electrons. The Balaban J connectivity index is 4.12. The van der Waals surface area contributed by atoms with Crippen LogP contribution in [-0.2, 0) is 10.0 Å². The molecule has 0 bridgehead atoms. The SMILES string of the molecule is CCCCC(C)NS(=O)(=O)C(C)CNC. The highest BCUT2D eigenvalue weighted by atomic mass is 32.2. The Hall–Kier alpha value is -0.130. The normalized spacial score (nSPS) is 16.3. The quantitative estimate of drug-likeness (QED) is 0.663. The van der Waals surface area contributed by atoms with E-state index in [-0.39, 0.29) is 11.3 Å². The van der Waals surface area contributed by atoms with Crippen LogP contribution in [0.5, 0.6) is 0 Å². The van der Waals surface area contributed by atoms with E-state index in [4.69, 9.17) is 0 Å². The first-order valence-corrected chi connectivity index (χ1v) is 7.14. The van der Waals surface area contributed by atoms with Gasteiger partial charge in [-0.2, -0.15) is 0 Å². The summed E-state index contributed by atoms with van der Waals surface area (Å²) in [6.45, 7) is 6.21. The van der Waals surface area contributed by atoms with Crippen molar-refractivity contribution in [3.63, 3.8) is 0 Å². The van der Waals surface area contributed by atoms with Gasteiger partial charge in [-0.3, -0.25) is 0 Å². The third-order valence-corrected chi connectivity index (χ3v) is 4.33. The summed E-state index contributed by atoms with van der Waals surface area (Å²) in [6.07, 6.45) is 3.06. The van der Waals surface area contributed by atoms with Crippen molar-refractivity contribution in [3.05, 3.63) is 0 Å². The molecule has 2 atom stereocenters. The molecule has 0 aliphatic heterocycles. The summed E-state index contributed by atoms with van der Waals surface area (Å²) in [5, 5.41) is 2.49. The molecule has 0 radical (unpaired) electrons. The van der Waals surface area contributed by atoms with E-state index in [2.05, 4.69) is 17.0 Å². The molecule has 5 heteroatoms. The average Bonchev–Trinajstić information content (AvgIpc) is 2.14. The fourth-order valence-corrected chi connectivity index (χ4v) is 2.66. The molecule has 0 saturated heterocycles. The molecule has 0 fully saturated rings. The number of rotatable bonds is 8. The van der Waals surface area contributed by atoms with E-state index >= 15 is 0 Å². The number of nitrogens with one attached hydrogen (secondary N) is 2. The molecule has 0 aromatic heterocycles. The molecule has 0 rings (SSSR count). The van der Waals surface area contributed by atoms with Crippen LogP contribution in [0.15, 0.2) is 0 Å². The third-order valence-electron chi connectivity index (χ3n) is 2.38. The molecule has 0 amide bonds. The van der Waals surface area contributed by atoms with Gasteiger partial charge in [0.2, 0.25) is 10.0 Å². The van der Waals surface area contributed by atoms with Gasteiger partial charge in [-0.25, -0.2) is 13.1 Å². The minimum absolute atomic E-state index is 0.0363. The van der Waals surface area contributed by atoms with Crippen molar-refractivity contribution < 1.29 is 8.42 Å². The van der Waals surface area contributed by atoms with Crippen LogP contribution in [-0.4, -0.2) is 33.3 Å². The minimum atomic E-state index is -3.16. The van der Waals surface area contributed by atoms with Gasteiger partial charge in [-0.1, -0.05) is 19.8 Å². The minimum Gasteiger partial charge on any atom is -0.318 e. The first kappa shape index (κ1) is 14.9. The molecule has 0 aliphatic carbocycles. The predicted molar refractivity (Wildman–Crippen MR) is 64.4 cm³/mol. The summed E-state index contributed by atoms with van der Waals surface area (Å²) in [7, 11) is -1.41. The summed E-state index contributed by atoms with van der Waals surface area (Å²) < 4.78 is 26.2. The summed E-state index contributed by atoms with van der Waals surface area (Å²) in [6, 6.07) is 0.0363. The van der Waals surface area contributed by atoms with Crippen molar-refractivity contribution in [2.45, 2.75) is 51.3 Å². The summed E-state index contributed by atoms with van der Waals surface area (Å²) in [5.41, 5.74) is 0. The maximum Gasteiger partial charge on any atom is 0.215 e. The standard InChI is InChI=1S/C10H24N2O2S/c1-5-6-7-9(2)12-15(13,14)10(3)8-11-4/h9-12H,5-8H2,1-4H3. The summed E-state index contributed by atoms with van der Waals surface area (Å²) >= 11 is 0. The van der Waals surface area contributed by atoms with Crippen LogP contribution in [0.4, 0.5) is 0 Å². The lowest BCUT2D eigenvalue weighted by Crippen LogP contribution is -2.42. The summed E-state index contributed by atoms with van der Waals surface area (Å²) in [4.78, 5) is 0. The zero-order valence-electron chi connectivity index (χ0n) is 10.2. The molecule has 2 N–H and O–H groups in total. The first-order chi connectivity index (χ1) is 6.94. The first-order valence-electron chi connectivity index (χ1n) is 5.59. The van der Waals surface area contributed by atoms with Gasteiger partial charge in [0.25, 0.3) is 0 Å². The maximum absolute atomic E-state index is 11.7. The molecule has 2 unspecified atom stereocenters. The van der Waals surface area contributed by atoms with E-state index in [1.807, 2.05) is 6.92 Å². The van der Waals surface area contributed by atoms with Gasteiger partial charge in [0.1, 0.15) is 0 Å². The molecule has 0 aliphatic rings. The van der Waals surface area contributed by atoms with E-state index in [0.717, 1.165) is 19.3 Å². The molecular weight excluding hydrogens is 212 g/mol. The number of sulfonamides is 1. The predicted octanol–water partition coefficient (Wildman–Crippen LogP) is 1.09. The van der Waals surface area contributed by atoms with E-state index in [0.29, 0.717) is 6.54 Å². The lowest BCUT2D eigenvalue weighted by molar-refractivity contribution is 0.523. The zero-order chi connectivity index (χ0) is 11.9. The Bertz CT molecular complexity index is 252. The van der Waals surface area contributed by atoms with Crippen molar-refractivity contribution >= 4 is 10.0 Å². The molecule has 0 aromatic carbocycles. The second-order valence-electron chi connectivity index (χ2n) is 4.07. The van der Waals surface area contributed by atoms with Gasteiger partial charge < -0.3 is 5.32 Å². The average molecular weight is 236 g/mol. The van der Waals surface area contributed by atoms with Crippen LogP contribution < -0.4 is 10.0 Å². The van der Waals surface area contributed by atoms with Crippen molar-refractivity contribution in [2.75, 3.05) is 13.6 Å². The molecule has 0 heterocycles. The van der Waals surface area contributed by atoms with Gasteiger partial charge in [0.15, 0.2) is 0 Å². The van der Waals surface area contributed by atoms with Gasteiger partial charge in [0.05, 0.1) is 5.25 Å². The second kappa shape index (κ2) is 7.19. The van der Waals surface area contributed by atoms with E-state index in [9.17, 15) is 8.42 Å². The Morgan fingerprint density at radius 3 is 2.33 bits per heavy atom. The van der Waals surface area contributed by atoms with E-state index < -0.39 is 10.0 Å². The second-order valence-corrected chi connectivity index (χ2v) is 6.20. The van der Waals surface area contributed by atoms with Crippen LogP contribution in [0.2, 0.25) is 0 Å². The molecular formula is C10H24N2O2S. The van der Waals surface area contributed by atoms with Gasteiger partial charge in [-0.15, -0.1) is 0 Å². The fraction of sp³-hybridized carbons (Fsp3) is 1.00. The molecule has 0 aromatic rings. The van der Waals surface area contributed by atoms with Crippen LogP contribution >= 0.6 is 0 Å². The fourth-order valence-electron chi connectivity index (χ4n) is 1.36. The molecule has 15 heavy (non-hydrogen) atoms. The Labute approximate surface area is 93.9 Å². The van der Waals surface area contributed by atoms with Crippen molar-refractivity contribution in [1.82, 2.24) is 10.0 Å². The highest BCUT2D eigenvalue weighted by Crippen LogP contribution is 2.04. The number of hydrogen-bond acceptors (Lipinski definition) is 3. The lowest BCUT2D eigenvalue weighted by Gasteiger charge is -2.18. The van der Waals surface area contributed by atoms with Gasteiger partial charge in [0, 0.05) is 12.6 Å². The van der Waals surface area contributed by atoms with Crippen LogP contribution in [0.25, 0.3) is 0 Å². The number of hydrogen-bond donors (Lipinski definition) is 2. The molecule has 0 spiro atoms. The lowest BCUT2D eigenvalue weighted by atomic mass is 10.2. The van der Waals surface area contributed by atoms with Gasteiger partial charge in [-0.05, 0) is 27.3 Å². The zero-order valence-corrected chi connectivity index (χ0v) is 11.0. The van der Waals surface area contributed by atoms with Crippen LogP contribution in [0, 0.1) is 0 Å². The molecule has 4 nitrogen and oxygen atoms in total. The maximum atomic E-state index is 11.7. The molecule has 0 saturated carbocycles. The summed E-state index contributed by atoms with van der Waals surface area (Å²) in [5.74, 6) is 0. The van der Waals surface area contributed by atoms with Gasteiger partial charge >= 0.3 is 0 Å². The van der Waals surface area contributed by atoms with Crippen molar-refractivity contribution in [3.8, 4) is 0 Å². The topological polar surface area (TPSA) is 58.2 Å². The van der Waals surface area contributed by atoms with E-state index in [1.165, 1.54) is 0 Å². The van der Waals surface area contributed by atoms with Crippen molar-refractivity contribution in [1.29, 1.82) is 0 Å².